The number of likely N-dealkylation sites (tertiary alicyclic amines) is 1. The fraction of sp³-hybridized carbons (Fsp3) is 0.500. The van der Waals surface area contributed by atoms with Gasteiger partial charge in [-0.3, -0.25) is 9.69 Å². The summed E-state index contributed by atoms with van der Waals surface area (Å²) in [5.74, 6) is 0.955. The molecule has 0 radical (unpaired) electrons. The van der Waals surface area contributed by atoms with Crippen molar-refractivity contribution in [3.63, 3.8) is 0 Å². The number of carbonyl (C=O) groups is 1. The number of benzene rings is 1. The largest absolute Gasteiger partial charge is 0.497 e. The van der Waals surface area contributed by atoms with Gasteiger partial charge in [0.1, 0.15) is 5.75 Å². The molecule has 1 aliphatic heterocycles. The third-order valence-electron chi connectivity index (χ3n) is 6.48. The monoisotopic (exact) mass is 449 g/mol. The Morgan fingerprint density at radius 1 is 1.24 bits per heavy atom. The topological polar surface area (TPSA) is 71.8 Å². The number of aromatic nitrogens is 3. The molecule has 0 saturated carbocycles. The summed E-state index contributed by atoms with van der Waals surface area (Å²) >= 11 is 0. The number of nitrogens with zero attached hydrogens (tertiary/aromatic N) is 4. The van der Waals surface area contributed by atoms with Crippen molar-refractivity contribution in [2.24, 2.45) is 0 Å². The number of carbonyl (C=O) groups excluding carboxylic acids is 1. The summed E-state index contributed by atoms with van der Waals surface area (Å²) in [4.78, 5) is 19.5. The average Bonchev–Trinajstić information content (AvgIpc) is 3.40. The molecule has 176 valence electrons. The van der Waals surface area contributed by atoms with E-state index in [1.165, 1.54) is 5.56 Å². The lowest BCUT2D eigenvalue weighted by molar-refractivity contribution is -0.121. The molecular weight excluding hydrogens is 414 g/mol. The number of rotatable bonds is 8. The van der Waals surface area contributed by atoms with Crippen molar-refractivity contribution < 1.29 is 9.53 Å². The molecule has 0 spiro atoms. The molecule has 1 amide bonds. The van der Waals surface area contributed by atoms with Crippen molar-refractivity contribution >= 4 is 11.6 Å². The van der Waals surface area contributed by atoms with Crippen LogP contribution in [0, 0.1) is 13.8 Å². The third-order valence-corrected chi connectivity index (χ3v) is 6.48. The van der Waals surface area contributed by atoms with Crippen molar-refractivity contribution in [1.29, 1.82) is 0 Å². The smallest absolute Gasteiger partial charge is 0.220 e. The summed E-state index contributed by atoms with van der Waals surface area (Å²) in [5.41, 5.74) is 6.39. The normalized spacial score (nSPS) is 16.6. The van der Waals surface area contributed by atoms with E-state index in [1.807, 2.05) is 37.4 Å². The molecule has 3 aromatic rings. The van der Waals surface area contributed by atoms with Gasteiger partial charge in [-0.1, -0.05) is 12.1 Å². The van der Waals surface area contributed by atoms with E-state index >= 15 is 0 Å². The van der Waals surface area contributed by atoms with Crippen LogP contribution in [-0.4, -0.2) is 45.1 Å². The van der Waals surface area contributed by atoms with Crippen molar-refractivity contribution in [3.05, 3.63) is 58.5 Å². The number of nitrogens with one attached hydrogen (secondary N) is 1. The van der Waals surface area contributed by atoms with Crippen molar-refractivity contribution in [2.45, 2.75) is 72.0 Å². The highest BCUT2D eigenvalue weighted by Gasteiger charge is 2.29. The summed E-state index contributed by atoms with van der Waals surface area (Å²) in [6.45, 7) is 10.0. The van der Waals surface area contributed by atoms with Gasteiger partial charge in [0.2, 0.25) is 5.91 Å². The van der Waals surface area contributed by atoms with E-state index in [0.717, 1.165) is 60.0 Å². The van der Waals surface area contributed by atoms with E-state index < -0.39 is 0 Å². The molecule has 1 N–H and O–H groups in total. The Bertz CT molecular complexity index is 1120. The standard InChI is InChI=1S/C26H35N5O2/c1-17(2)27-26(32)13-12-22-18(3)28-25-15-23(29-31(25)19(22)4)24-7-6-14-30(24)16-20-8-10-21(33-5)11-9-20/h8-11,15,17,24H,6-7,12-14,16H2,1-5H3,(H,27,32)/t24-/m0/s1. The van der Waals surface area contributed by atoms with Crippen LogP contribution in [-0.2, 0) is 17.8 Å². The minimum Gasteiger partial charge on any atom is -0.497 e. The maximum absolute atomic E-state index is 12.1. The van der Waals surface area contributed by atoms with Crippen molar-refractivity contribution in [1.82, 2.24) is 24.8 Å². The minimum atomic E-state index is 0.0742. The highest BCUT2D eigenvalue weighted by Crippen LogP contribution is 2.33. The predicted octanol–water partition coefficient (Wildman–Crippen LogP) is 4.15. The Hall–Kier alpha value is -2.93. The minimum absolute atomic E-state index is 0.0742. The summed E-state index contributed by atoms with van der Waals surface area (Å²) < 4.78 is 7.25. The summed E-state index contributed by atoms with van der Waals surface area (Å²) in [6.07, 6.45) is 3.39. The Labute approximate surface area is 196 Å². The van der Waals surface area contributed by atoms with Crippen LogP contribution in [0.4, 0.5) is 0 Å². The summed E-state index contributed by atoms with van der Waals surface area (Å²) in [5, 5.41) is 7.95. The summed E-state index contributed by atoms with van der Waals surface area (Å²) in [6, 6.07) is 10.9. The number of methoxy groups -OCH3 is 1. The van der Waals surface area contributed by atoms with Gasteiger partial charge in [0.05, 0.1) is 18.8 Å². The van der Waals surface area contributed by atoms with Gasteiger partial charge in [-0.2, -0.15) is 5.10 Å². The van der Waals surface area contributed by atoms with E-state index in [4.69, 9.17) is 14.8 Å². The zero-order valence-corrected chi connectivity index (χ0v) is 20.4. The second-order valence-corrected chi connectivity index (χ2v) is 9.30. The van der Waals surface area contributed by atoms with Gasteiger partial charge in [0, 0.05) is 36.5 Å². The zero-order valence-electron chi connectivity index (χ0n) is 20.4. The average molecular weight is 450 g/mol. The number of fused-ring (bicyclic) bond motifs is 1. The first kappa shape index (κ1) is 23.2. The van der Waals surface area contributed by atoms with Crippen LogP contribution in [0.2, 0.25) is 0 Å². The first-order valence-corrected chi connectivity index (χ1v) is 11.9. The number of amides is 1. The van der Waals surface area contributed by atoms with Crippen LogP contribution in [0.15, 0.2) is 30.3 Å². The second kappa shape index (κ2) is 9.91. The van der Waals surface area contributed by atoms with Gasteiger partial charge in [0.25, 0.3) is 0 Å². The molecule has 0 unspecified atom stereocenters. The van der Waals surface area contributed by atoms with Crippen LogP contribution in [0.1, 0.15) is 67.4 Å². The molecule has 1 saturated heterocycles. The highest BCUT2D eigenvalue weighted by atomic mass is 16.5. The van der Waals surface area contributed by atoms with Gasteiger partial charge in [0.15, 0.2) is 5.65 Å². The zero-order chi connectivity index (χ0) is 23.5. The molecule has 1 aliphatic rings. The van der Waals surface area contributed by atoms with Gasteiger partial charge in [-0.15, -0.1) is 0 Å². The van der Waals surface area contributed by atoms with E-state index in [2.05, 4.69) is 35.3 Å². The molecule has 1 fully saturated rings. The fourth-order valence-corrected chi connectivity index (χ4v) is 4.82. The number of aryl methyl sites for hydroxylation is 2. The van der Waals surface area contributed by atoms with Gasteiger partial charge in [-0.05, 0) is 76.8 Å². The Balaban J connectivity index is 1.54. The quantitative estimate of drug-likeness (QED) is 0.559. The molecular formula is C26H35N5O2. The van der Waals surface area contributed by atoms with E-state index in [1.54, 1.807) is 7.11 Å². The molecule has 3 heterocycles. The van der Waals surface area contributed by atoms with Crippen LogP contribution in [0.25, 0.3) is 5.65 Å². The molecule has 2 aromatic heterocycles. The fourth-order valence-electron chi connectivity index (χ4n) is 4.82. The second-order valence-electron chi connectivity index (χ2n) is 9.30. The SMILES string of the molecule is COc1ccc(CN2CCC[C@H]2c2cc3nc(C)c(CCC(=O)NC(C)C)c(C)n3n2)cc1. The van der Waals surface area contributed by atoms with Gasteiger partial charge < -0.3 is 10.1 Å². The number of ether oxygens (including phenoxy) is 1. The summed E-state index contributed by atoms with van der Waals surface area (Å²) in [7, 11) is 1.69. The van der Waals surface area contributed by atoms with Crippen molar-refractivity contribution in [3.8, 4) is 5.75 Å². The maximum atomic E-state index is 12.1. The van der Waals surface area contributed by atoms with Crippen molar-refractivity contribution in [2.75, 3.05) is 13.7 Å². The first-order valence-electron chi connectivity index (χ1n) is 11.9. The van der Waals surface area contributed by atoms with Crippen LogP contribution in [0.5, 0.6) is 5.75 Å². The number of hydrogen-bond donors (Lipinski definition) is 1. The van der Waals surface area contributed by atoms with Gasteiger partial charge >= 0.3 is 0 Å². The Morgan fingerprint density at radius 2 is 2.00 bits per heavy atom. The lowest BCUT2D eigenvalue weighted by Crippen LogP contribution is -2.30. The van der Waals surface area contributed by atoms with Gasteiger partial charge in [-0.25, -0.2) is 9.50 Å². The van der Waals surface area contributed by atoms with Crippen LogP contribution in [0.3, 0.4) is 0 Å². The first-order chi connectivity index (χ1) is 15.9. The van der Waals surface area contributed by atoms with E-state index in [9.17, 15) is 4.79 Å². The van der Waals surface area contributed by atoms with E-state index in [-0.39, 0.29) is 18.0 Å². The van der Waals surface area contributed by atoms with Crippen LogP contribution >= 0.6 is 0 Å². The molecule has 4 rings (SSSR count). The molecule has 1 atom stereocenters. The molecule has 1 aromatic carbocycles. The van der Waals surface area contributed by atoms with Crippen LogP contribution < -0.4 is 10.1 Å². The molecule has 0 bridgehead atoms. The Morgan fingerprint density at radius 3 is 2.70 bits per heavy atom. The third kappa shape index (κ3) is 5.19. The lowest BCUT2D eigenvalue weighted by Gasteiger charge is -2.23. The maximum Gasteiger partial charge on any atom is 0.220 e. The molecule has 7 nitrogen and oxygen atoms in total. The number of hydrogen-bond acceptors (Lipinski definition) is 5. The predicted molar refractivity (Wildman–Crippen MR) is 129 cm³/mol. The molecule has 33 heavy (non-hydrogen) atoms. The Kier molecular flexibility index (Phi) is 6.98. The highest BCUT2D eigenvalue weighted by molar-refractivity contribution is 5.76. The molecule has 7 heteroatoms. The van der Waals surface area contributed by atoms with E-state index in [0.29, 0.717) is 12.8 Å². The molecule has 0 aliphatic carbocycles. The lowest BCUT2D eigenvalue weighted by atomic mass is 10.1.